The minimum atomic E-state index is -0.407. The predicted molar refractivity (Wildman–Crippen MR) is 162 cm³/mol. The molecule has 3 aromatic rings. The van der Waals surface area contributed by atoms with Crippen molar-refractivity contribution in [1.82, 2.24) is 10.3 Å². The fourth-order valence-electron chi connectivity index (χ4n) is 4.59. The summed E-state index contributed by atoms with van der Waals surface area (Å²) < 4.78 is 0. The first-order valence-corrected chi connectivity index (χ1v) is 13.3. The lowest BCUT2D eigenvalue weighted by Crippen LogP contribution is -2.30. The number of carbonyl (C=O) groups is 3. The number of aromatic nitrogens is 1. The molecule has 0 fully saturated rings. The van der Waals surface area contributed by atoms with Crippen molar-refractivity contribution in [2.75, 3.05) is 15.6 Å². The second-order valence-corrected chi connectivity index (χ2v) is 10.0. The predicted octanol–water partition coefficient (Wildman–Crippen LogP) is 4.18. The highest BCUT2D eigenvalue weighted by molar-refractivity contribution is 6.30. The maximum atomic E-state index is 13.1. The molecule has 3 amide bonds. The monoisotopic (exact) mass is 574 g/mol. The standard InChI is InChI=1S/C29H31ClN8O3/c1-18-3-2-4-24(36-28(40)10-5-20-13-21(30)6-9-27(20)38(32)16-35-31)26-14-19(11-12-33-26)23-8-7-22(34-17-39)15-25(23)37-29(18)41/h5-18,24H,2-4,31-32H2,1H3,(H,34,39)(H,36,40)(H,37,41)/b10-5+,35-16-/t18?,24-/m0/s1. The van der Waals surface area contributed by atoms with E-state index in [0.717, 1.165) is 11.1 Å². The molecule has 0 saturated heterocycles. The minimum absolute atomic E-state index is 0.126. The molecule has 7 N–H and O–H groups in total. The van der Waals surface area contributed by atoms with Crippen LogP contribution in [0, 0.1) is 5.92 Å². The molecule has 2 aromatic carbocycles. The van der Waals surface area contributed by atoms with Crippen molar-refractivity contribution in [3.05, 3.63) is 77.1 Å². The zero-order valence-electron chi connectivity index (χ0n) is 22.4. The van der Waals surface area contributed by atoms with Gasteiger partial charge < -0.3 is 21.8 Å². The zero-order valence-corrected chi connectivity index (χ0v) is 23.1. The van der Waals surface area contributed by atoms with Crippen molar-refractivity contribution in [2.45, 2.75) is 32.2 Å². The van der Waals surface area contributed by atoms with Gasteiger partial charge in [-0.3, -0.25) is 24.4 Å². The Labute approximate surface area is 242 Å². The molecule has 0 aliphatic carbocycles. The van der Waals surface area contributed by atoms with E-state index < -0.39 is 6.04 Å². The van der Waals surface area contributed by atoms with E-state index >= 15 is 0 Å². The summed E-state index contributed by atoms with van der Waals surface area (Å²) in [5, 5.41) is 13.8. The van der Waals surface area contributed by atoms with Crippen LogP contribution in [0.15, 0.2) is 65.9 Å². The van der Waals surface area contributed by atoms with Gasteiger partial charge in [0, 0.05) is 40.0 Å². The van der Waals surface area contributed by atoms with Crippen molar-refractivity contribution >= 4 is 59.3 Å². The van der Waals surface area contributed by atoms with Gasteiger partial charge in [0.1, 0.15) is 6.34 Å². The van der Waals surface area contributed by atoms with Gasteiger partial charge in [-0.05, 0) is 66.9 Å². The van der Waals surface area contributed by atoms with E-state index in [4.69, 9.17) is 23.3 Å². The van der Waals surface area contributed by atoms with Crippen LogP contribution < -0.4 is 32.6 Å². The van der Waals surface area contributed by atoms with Crippen LogP contribution in [0.25, 0.3) is 17.2 Å². The van der Waals surface area contributed by atoms with Gasteiger partial charge in [-0.2, -0.15) is 5.10 Å². The number of nitrogens with two attached hydrogens (primary N) is 2. The smallest absolute Gasteiger partial charge is 0.244 e. The lowest BCUT2D eigenvalue weighted by Gasteiger charge is -2.22. The van der Waals surface area contributed by atoms with E-state index in [1.165, 1.54) is 17.4 Å². The first-order valence-electron chi connectivity index (χ1n) is 13.0. The highest BCUT2D eigenvalue weighted by Crippen LogP contribution is 2.34. The number of halogens is 1. The summed E-state index contributed by atoms with van der Waals surface area (Å²) in [6.07, 6.45) is 8.36. The number of amides is 3. The fraction of sp³-hybridized carbons (Fsp3) is 0.207. The molecule has 0 radical (unpaired) electrons. The van der Waals surface area contributed by atoms with Gasteiger partial charge in [0.15, 0.2) is 0 Å². The summed E-state index contributed by atoms with van der Waals surface area (Å²) in [5.41, 5.74) is 4.51. The van der Waals surface area contributed by atoms with E-state index in [2.05, 4.69) is 26.0 Å². The number of nitrogens with zero attached hydrogens (tertiary/aromatic N) is 3. The molecular weight excluding hydrogens is 544 g/mol. The number of hydrazine groups is 1. The number of fused-ring (bicyclic) bond motifs is 4. The van der Waals surface area contributed by atoms with Gasteiger partial charge in [-0.15, -0.1) is 0 Å². The van der Waals surface area contributed by atoms with Crippen LogP contribution in [0.2, 0.25) is 5.02 Å². The van der Waals surface area contributed by atoms with Crippen molar-refractivity contribution < 1.29 is 14.4 Å². The van der Waals surface area contributed by atoms with Crippen molar-refractivity contribution in [3.8, 4) is 11.1 Å². The number of hydrogen-bond donors (Lipinski definition) is 5. The molecule has 2 bridgehead atoms. The van der Waals surface area contributed by atoms with E-state index in [1.807, 2.05) is 25.1 Å². The van der Waals surface area contributed by atoms with E-state index in [-0.39, 0.29) is 17.7 Å². The van der Waals surface area contributed by atoms with Gasteiger partial charge >= 0.3 is 0 Å². The molecule has 4 rings (SSSR count). The molecule has 0 saturated carbocycles. The summed E-state index contributed by atoms with van der Waals surface area (Å²) in [5.74, 6) is 10.5. The number of nitrogens with one attached hydrogen (secondary N) is 3. The molecule has 1 aromatic heterocycles. The van der Waals surface area contributed by atoms with E-state index in [0.29, 0.717) is 59.0 Å². The van der Waals surface area contributed by atoms with Gasteiger partial charge in [-0.1, -0.05) is 31.0 Å². The highest BCUT2D eigenvalue weighted by Gasteiger charge is 2.21. The Morgan fingerprint density at radius 2 is 2.02 bits per heavy atom. The Balaban J connectivity index is 1.64. The summed E-state index contributed by atoms with van der Waals surface area (Å²) >= 11 is 6.17. The molecule has 1 aliphatic rings. The third-order valence-electron chi connectivity index (χ3n) is 6.72. The normalized spacial score (nSPS) is 17.2. The molecule has 1 aliphatic heterocycles. The average Bonchev–Trinajstić information content (AvgIpc) is 2.95. The molecule has 2 heterocycles. The number of hydrazone groups is 1. The third kappa shape index (κ3) is 7.47. The van der Waals surface area contributed by atoms with Crippen LogP contribution in [0.4, 0.5) is 17.1 Å². The van der Waals surface area contributed by atoms with Crippen LogP contribution in [0.3, 0.4) is 0 Å². The number of rotatable bonds is 7. The van der Waals surface area contributed by atoms with Gasteiger partial charge in [0.05, 0.1) is 23.1 Å². The molecule has 212 valence electrons. The molecule has 2 atom stereocenters. The Morgan fingerprint density at radius 3 is 2.80 bits per heavy atom. The fourth-order valence-corrected chi connectivity index (χ4v) is 4.77. The molecule has 12 heteroatoms. The lowest BCUT2D eigenvalue weighted by atomic mass is 9.95. The van der Waals surface area contributed by atoms with Crippen LogP contribution in [0.5, 0.6) is 0 Å². The van der Waals surface area contributed by atoms with Gasteiger partial charge in [0.2, 0.25) is 18.2 Å². The molecule has 0 spiro atoms. The summed E-state index contributed by atoms with van der Waals surface area (Å²) in [6.45, 7) is 1.86. The maximum Gasteiger partial charge on any atom is 0.244 e. The molecule has 41 heavy (non-hydrogen) atoms. The number of benzene rings is 2. The second-order valence-electron chi connectivity index (χ2n) is 9.58. The van der Waals surface area contributed by atoms with Crippen LogP contribution in [-0.2, 0) is 14.4 Å². The Hall–Kier alpha value is -4.74. The van der Waals surface area contributed by atoms with Crippen LogP contribution in [0.1, 0.15) is 43.5 Å². The van der Waals surface area contributed by atoms with Crippen molar-refractivity contribution in [2.24, 2.45) is 22.7 Å². The topological polar surface area (TPSA) is 168 Å². The average molecular weight is 575 g/mol. The summed E-state index contributed by atoms with van der Waals surface area (Å²) in [7, 11) is 0. The number of carbonyl (C=O) groups excluding carboxylic acids is 3. The van der Waals surface area contributed by atoms with Gasteiger partial charge in [-0.25, -0.2) is 5.84 Å². The Bertz CT molecular complexity index is 1490. The second kappa shape index (κ2) is 13.6. The third-order valence-corrected chi connectivity index (χ3v) is 6.95. The Kier molecular flexibility index (Phi) is 9.67. The SMILES string of the molecule is CC1CCC[C@H](NC(=O)/C=C/c2cc(Cl)ccc2N(N)/C=N\N)c2cc(ccn2)-c2ccc(NC=O)cc2NC1=O. The maximum absolute atomic E-state index is 13.1. The van der Waals surface area contributed by atoms with Crippen LogP contribution >= 0.6 is 11.6 Å². The van der Waals surface area contributed by atoms with Crippen molar-refractivity contribution in [3.63, 3.8) is 0 Å². The van der Waals surface area contributed by atoms with E-state index in [9.17, 15) is 14.4 Å². The molecular formula is C29H31ClN8O3. The first-order chi connectivity index (χ1) is 19.8. The summed E-state index contributed by atoms with van der Waals surface area (Å²) in [4.78, 5) is 41.6. The largest absolute Gasteiger partial charge is 0.344 e. The number of anilines is 3. The molecule has 11 nitrogen and oxygen atoms in total. The Morgan fingerprint density at radius 1 is 1.20 bits per heavy atom. The quantitative estimate of drug-likeness (QED) is 0.0704. The molecule has 1 unspecified atom stereocenters. The van der Waals surface area contributed by atoms with Crippen LogP contribution in [-0.4, -0.2) is 29.5 Å². The van der Waals surface area contributed by atoms with Gasteiger partial charge in [0.25, 0.3) is 0 Å². The zero-order chi connectivity index (χ0) is 29.4. The number of hydrogen-bond acceptors (Lipinski definition) is 7. The highest BCUT2D eigenvalue weighted by atomic mass is 35.5. The minimum Gasteiger partial charge on any atom is -0.344 e. The van der Waals surface area contributed by atoms with Crippen molar-refractivity contribution in [1.29, 1.82) is 0 Å². The van der Waals surface area contributed by atoms with E-state index in [1.54, 1.807) is 42.6 Å². The number of pyridine rings is 1. The summed E-state index contributed by atoms with van der Waals surface area (Å²) in [6, 6.07) is 13.6. The lowest BCUT2D eigenvalue weighted by molar-refractivity contribution is -0.120. The first kappa shape index (κ1) is 29.2.